The monoisotopic (exact) mass is 608 g/mol. The molecule has 0 aliphatic carbocycles. The van der Waals surface area contributed by atoms with E-state index >= 15 is 0 Å². The molecule has 4 aromatic rings. The number of para-hydroxylation sites is 1. The Morgan fingerprint density at radius 2 is 1.84 bits per heavy atom. The molecule has 1 atom stereocenters. The average molecular weight is 609 g/mol. The number of thioether (sulfide) groups is 1. The van der Waals surface area contributed by atoms with Crippen LogP contribution in [-0.4, -0.2) is 51.2 Å². The lowest BCUT2D eigenvalue weighted by Crippen LogP contribution is -2.28. The summed E-state index contributed by atoms with van der Waals surface area (Å²) >= 11 is 1.59. The molecule has 1 aliphatic heterocycles. The smallest absolute Gasteiger partial charge is 0.406 e. The molecule has 1 fully saturated rings. The molecule has 0 bridgehead atoms. The Morgan fingerprint density at radius 1 is 1.09 bits per heavy atom. The van der Waals surface area contributed by atoms with Gasteiger partial charge in [-0.05, 0) is 60.2 Å². The standard InChI is InChI=1S/C31H31F3N6O2S/c1-3-22-6-4-5-7-27(22)39-18-19-43-30(39)37-29(41)35-17-16-21(2)23-8-10-24(11-9-23)28-36-20-40(38-28)25-12-14-26(15-13-25)42-31(32,33)34/h4-15,20-21H,3,16-19H2,1-2H3,(H,35,41). The summed E-state index contributed by atoms with van der Waals surface area (Å²) in [4.78, 5) is 23.4. The number of amidine groups is 1. The largest absolute Gasteiger partial charge is 0.573 e. The van der Waals surface area contributed by atoms with Crippen LogP contribution in [0, 0.1) is 0 Å². The molecule has 2 heterocycles. The van der Waals surface area contributed by atoms with E-state index in [-0.39, 0.29) is 17.7 Å². The zero-order valence-electron chi connectivity index (χ0n) is 23.7. The van der Waals surface area contributed by atoms with Crippen molar-refractivity contribution in [1.29, 1.82) is 0 Å². The molecule has 1 aromatic heterocycles. The molecule has 1 unspecified atom stereocenters. The summed E-state index contributed by atoms with van der Waals surface area (Å²) in [5.74, 6) is 1.27. The number of urea groups is 1. The zero-order chi connectivity index (χ0) is 30.4. The van der Waals surface area contributed by atoms with E-state index in [1.54, 1.807) is 11.8 Å². The van der Waals surface area contributed by atoms with Gasteiger partial charge in [0.2, 0.25) is 0 Å². The Kier molecular flexibility index (Phi) is 9.34. The number of anilines is 1. The summed E-state index contributed by atoms with van der Waals surface area (Å²) in [5, 5.41) is 8.11. The fraction of sp³-hybridized carbons (Fsp3) is 0.290. The topological polar surface area (TPSA) is 84.6 Å². The molecule has 8 nitrogen and oxygen atoms in total. The van der Waals surface area contributed by atoms with Gasteiger partial charge >= 0.3 is 12.4 Å². The quantitative estimate of drug-likeness (QED) is 0.216. The third kappa shape index (κ3) is 7.75. The van der Waals surface area contributed by atoms with Crippen molar-refractivity contribution in [2.75, 3.05) is 23.7 Å². The normalized spacial score (nSPS) is 15.1. The lowest BCUT2D eigenvalue weighted by atomic mass is 9.96. The van der Waals surface area contributed by atoms with E-state index in [1.807, 2.05) is 36.4 Å². The van der Waals surface area contributed by atoms with Crippen molar-refractivity contribution >= 4 is 28.6 Å². The van der Waals surface area contributed by atoms with E-state index < -0.39 is 6.36 Å². The van der Waals surface area contributed by atoms with Gasteiger partial charge in [-0.3, -0.25) is 0 Å². The highest BCUT2D eigenvalue weighted by atomic mass is 32.2. The van der Waals surface area contributed by atoms with Gasteiger partial charge in [0.1, 0.15) is 12.1 Å². The zero-order valence-corrected chi connectivity index (χ0v) is 24.5. The van der Waals surface area contributed by atoms with Gasteiger partial charge in [0.05, 0.1) is 5.69 Å². The predicted molar refractivity (Wildman–Crippen MR) is 163 cm³/mol. The van der Waals surface area contributed by atoms with Gasteiger partial charge in [-0.25, -0.2) is 14.5 Å². The van der Waals surface area contributed by atoms with Crippen LogP contribution in [0.1, 0.15) is 37.3 Å². The number of carbonyl (C=O) groups is 1. The second kappa shape index (κ2) is 13.3. The summed E-state index contributed by atoms with van der Waals surface area (Å²) in [7, 11) is 0. The molecule has 224 valence electrons. The average Bonchev–Trinajstić information content (AvgIpc) is 3.67. The van der Waals surface area contributed by atoms with Crippen molar-refractivity contribution < 1.29 is 22.7 Å². The molecule has 2 amide bonds. The Labute approximate surface area is 252 Å². The maximum absolute atomic E-state index is 12.6. The third-order valence-corrected chi connectivity index (χ3v) is 8.01. The summed E-state index contributed by atoms with van der Waals surface area (Å²) in [6.07, 6.45) is -1.58. The number of alkyl halides is 3. The SMILES string of the molecule is CCc1ccccc1N1CCSC1=NC(=O)NCCC(C)c1ccc(-c2ncn(-c3ccc(OC(F)(F)F)cc3)n2)cc1. The number of nitrogens with one attached hydrogen (secondary N) is 1. The number of carbonyl (C=O) groups excluding carboxylic acids is 1. The van der Waals surface area contributed by atoms with Crippen LogP contribution in [0.2, 0.25) is 0 Å². The first-order valence-corrected chi connectivity index (χ1v) is 14.9. The highest BCUT2D eigenvalue weighted by Crippen LogP contribution is 2.29. The molecule has 0 spiro atoms. The van der Waals surface area contributed by atoms with Crippen molar-refractivity contribution in [3.63, 3.8) is 0 Å². The lowest BCUT2D eigenvalue weighted by Gasteiger charge is -2.21. The van der Waals surface area contributed by atoms with Crippen LogP contribution in [0.4, 0.5) is 23.7 Å². The minimum Gasteiger partial charge on any atom is -0.406 e. The van der Waals surface area contributed by atoms with Gasteiger partial charge < -0.3 is 15.0 Å². The number of ether oxygens (including phenoxy) is 1. The molecule has 1 N–H and O–H groups in total. The first kappa shape index (κ1) is 30.1. The molecule has 12 heteroatoms. The number of amides is 2. The number of hydrogen-bond donors (Lipinski definition) is 1. The molecule has 43 heavy (non-hydrogen) atoms. The van der Waals surface area contributed by atoms with Gasteiger partial charge in [0, 0.05) is 30.1 Å². The van der Waals surface area contributed by atoms with Crippen LogP contribution in [0.25, 0.3) is 17.1 Å². The summed E-state index contributed by atoms with van der Waals surface area (Å²) < 4.78 is 42.6. The Morgan fingerprint density at radius 3 is 2.56 bits per heavy atom. The van der Waals surface area contributed by atoms with Crippen molar-refractivity contribution in [3.8, 4) is 22.8 Å². The van der Waals surface area contributed by atoms with Crippen LogP contribution >= 0.6 is 11.8 Å². The molecule has 0 saturated carbocycles. The number of aromatic nitrogens is 3. The van der Waals surface area contributed by atoms with E-state index in [0.29, 0.717) is 18.1 Å². The Balaban J connectivity index is 1.13. The van der Waals surface area contributed by atoms with Gasteiger partial charge in [-0.15, -0.1) is 18.3 Å². The van der Waals surface area contributed by atoms with E-state index in [0.717, 1.165) is 47.1 Å². The summed E-state index contributed by atoms with van der Waals surface area (Å²) in [6, 6.07) is 21.1. The lowest BCUT2D eigenvalue weighted by molar-refractivity contribution is -0.274. The van der Waals surface area contributed by atoms with Crippen LogP contribution in [0.3, 0.4) is 0 Å². The number of aliphatic imine (C=N–C) groups is 1. The van der Waals surface area contributed by atoms with Gasteiger partial charge in [0.25, 0.3) is 0 Å². The van der Waals surface area contributed by atoms with E-state index in [4.69, 9.17) is 0 Å². The fourth-order valence-corrected chi connectivity index (χ4v) is 5.71. The van der Waals surface area contributed by atoms with Crippen molar-refractivity contribution in [2.45, 2.75) is 39.0 Å². The number of halogens is 3. The first-order valence-electron chi connectivity index (χ1n) is 13.9. The highest BCUT2D eigenvalue weighted by Gasteiger charge is 2.31. The molecule has 1 saturated heterocycles. The number of rotatable bonds is 9. The minimum absolute atomic E-state index is 0.193. The van der Waals surface area contributed by atoms with Gasteiger partial charge in [-0.2, -0.15) is 4.99 Å². The predicted octanol–water partition coefficient (Wildman–Crippen LogP) is 7.21. The van der Waals surface area contributed by atoms with E-state index in [2.05, 4.69) is 56.0 Å². The Bertz CT molecular complexity index is 1570. The Hall–Kier alpha value is -4.32. The fourth-order valence-electron chi connectivity index (χ4n) is 4.76. The number of benzene rings is 3. The highest BCUT2D eigenvalue weighted by molar-refractivity contribution is 8.14. The van der Waals surface area contributed by atoms with Crippen molar-refractivity contribution in [2.24, 2.45) is 4.99 Å². The molecule has 3 aromatic carbocycles. The van der Waals surface area contributed by atoms with Gasteiger partial charge in [0.15, 0.2) is 11.0 Å². The molecule has 1 aliphatic rings. The van der Waals surface area contributed by atoms with Crippen molar-refractivity contribution in [1.82, 2.24) is 20.1 Å². The summed E-state index contributed by atoms with van der Waals surface area (Å²) in [5.41, 5.74) is 4.80. The van der Waals surface area contributed by atoms with Crippen LogP contribution in [0.5, 0.6) is 5.75 Å². The van der Waals surface area contributed by atoms with Crippen LogP contribution < -0.4 is 15.0 Å². The molecule has 0 radical (unpaired) electrons. The van der Waals surface area contributed by atoms with E-state index in [9.17, 15) is 18.0 Å². The number of aryl methyl sites for hydroxylation is 1. The van der Waals surface area contributed by atoms with Crippen LogP contribution in [-0.2, 0) is 6.42 Å². The second-order valence-electron chi connectivity index (χ2n) is 9.97. The van der Waals surface area contributed by atoms with Gasteiger partial charge in [-0.1, -0.05) is 68.1 Å². The molecule has 5 rings (SSSR count). The maximum atomic E-state index is 12.6. The van der Waals surface area contributed by atoms with Crippen LogP contribution in [0.15, 0.2) is 84.1 Å². The molecular weight excluding hydrogens is 577 g/mol. The number of nitrogens with zero attached hydrogens (tertiary/aromatic N) is 5. The molecular formula is C31H31F3N6O2S. The minimum atomic E-state index is -4.74. The van der Waals surface area contributed by atoms with E-state index in [1.165, 1.54) is 40.8 Å². The first-order chi connectivity index (χ1) is 20.7. The third-order valence-electron chi connectivity index (χ3n) is 7.06. The number of hydrogen-bond acceptors (Lipinski definition) is 5. The second-order valence-corrected chi connectivity index (χ2v) is 11.0. The van der Waals surface area contributed by atoms with Crippen molar-refractivity contribution in [3.05, 3.63) is 90.3 Å². The summed E-state index contributed by atoms with van der Waals surface area (Å²) in [6.45, 7) is 5.54. The maximum Gasteiger partial charge on any atom is 0.573 e.